The predicted molar refractivity (Wildman–Crippen MR) is 123 cm³/mol. The molecular formula is C25H26N4O3. The van der Waals surface area contributed by atoms with Gasteiger partial charge in [-0.2, -0.15) is 0 Å². The molecule has 0 aliphatic rings. The fourth-order valence-electron chi connectivity index (χ4n) is 3.68. The van der Waals surface area contributed by atoms with Gasteiger partial charge in [-0.25, -0.2) is 9.97 Å². The highest BCUT2D eigenvalue weighted by molar-refractivity contribution is 5.77. The number of amides is 1. The lowest BCUT2D eigenvalue weighted by Gasteiger charge is -2.11. The highest BCUT2D eigenvalue weighted by Crippen LogP contribution is 2.25. The van der Waals surface area contributed by atoms with Gasteiger partial charge in [0.2, 0.25) is 5.91 Å². The number of carbonyl (C=O) groups excluding carboxylic acids is 1. The van der Waals surface area contributed by atoms with E-state index in [4.69, 9.17) is 14.5 Å². The molecule has 7 heteroatoms. The first kappa shape index (κ1) is 21.4. The SMILES string of the molecule is COc1ccc(CCNC(=O)CCc2nc3cccnc3n2-c2ccccc2)c(OC)c1. The van der Waals surface area contributed by atoms with Crippen molar-refractivity contribution in [2.75, 3.05) is 20.8 Å². The van der Waals surface area contributed by atoms with Gasteiger partial charge in [0.05, 0.1) is 14.2 Å². The molecule has 0 saturated heterocycles. The van der Waals surface area contributed by atoms with E-state index in [9.17, 15) is 4.79 Å². The molecule has 1 amide bonds. The monoisotopic (exact) mass is 430 g/mol. The second-order valence-corrected chi connectivity index (χ2v) is 7.32. The van der Waals surface area contributed by atoms with E-state index in [1.807, 2.05) is 65.2 Å². The molecule has 7 nitrogen and oxygen atoms in total. The molecule has 32 heavy (non-hydrogen) atoms. The fourth-order valence-corrected chi connectivity index (χ4v) is 3.68. The lowest BCUT2D eigenvalue weighted by molar-refractivity contribution is -0.121. The van der Waals surface area contributed by atoms with Crippen molar-refractivity contribution in [3.05, 3.63) is 78.2 Å². The highest BCUT2D eigenvalue weighted by atomic mass is 16.5. The number of benzene rings is 2. The Kier molecular flexibility index (Phi) is 6.65. The molecule has 2 heterocycles. The van der Waals surface area contributed by atoms with E-state index in [0.717, 1.165) is 39.7 Å². The first-order chi connectivity index (χ1) is 15.7. The van der Waals surface area contributed by atoms with Crippen LogP contribution in [0.1, 0.15) is 17.8 Å². The summed E-state index contributed by atoms with van der Waals surface area (Å²) in [6, 6.07) is 19.5. The molecule has 0 saturated carbocycles. The molecule has 0 aliphatic carbocycles. The van der Waals surface area contributed by atoms with Crippen LogP contribution in [-0.4, -0.2) is 41.2 Å². The second kappa shape index (κ2) is 9.96. The van der Waals surface area contributed by atoms with Crippen LogP contribution in [0.3, 0.4) is 0 Å². The number of fused-ring (bicyclic) bond motifs is 1. The molecule has 2 aromatic heterocycles. The van der Waals surface area contributed by atoms with Crippen LogP contribution >= 0.6 is 0 Å². The van der Waals surface area contributed by atoms with E-state index in [2.05, 4.69) is 10.3 Å². The van der Waals surface area contributed by atoms with Crippen LogP contribution in [-0.2, 0) is 17.6 Å². The Bertz CT molecular complexity index is 1200. The standard InChI is InChI=1S/C25H26N4O3/c1-31-20-11-10-18(22(17-20)32-2)14-16-26-24(30)13-12-23-28-21-9-6-15-27-25(21)29(23)19-7-4-3-5-8-19/h3-11,15,17H,12-14,16H2,1-2H3,(H,26,30). The van der Waals surface area contributed by atoms with Crippen molar-refractivity contribution in [1.29, 1.82) is 0 Å². The second-order valence-electron chi connectivity index (χ2n) is 7.32. The largest absolute Gasteiger partial charge is 0.497 e. The van der Waals surface area contributed by atoms with Gasteiger partial charge in [-0.05, 0) is 42.3 Å². The molecule has 4 aromatic rings. The lowest BCUT2D eigenvalue weighted by atomic mass is 10.1. The first-order valence-corrected chi connectivity index (χ1v) is 10.5. The number of nitrogens with zero attached hydrogens (tertiary/aromatic N) is 3. The molecule has 2 aromatic carbocycles. The van der Waals surface area contributed by atoms with Gasteiger partial charge in [0.15, 0.2) is 5.65 Å². The van der Waals surface area contributed by atoms with Crippen molar-refractivity contribution in [3.63, 3.8) is 0 Å². The predicted octanol–water partition coefficient (Wildman–Crippen LogP) is 3.73. The number of ether oxygens (including phenoxy) is 2. The number of rotatable bonds is 9. The van der Waals surface area contributed by atoms with Crippen molar-refractivity contribution < 1.29 is 14.3 Å². The molecule has 0 bridgehead atoms. The summed E-state index contributed by atoms with van der Waals surface area (Å²) in [4.78, 5) is 21.7. The average molecular weight is 431 g/mol. The van der Waals surface area contributed by atoms with Crippen LogP contribution < -0.4 is 14.8 Å². The smallest absolute Gasteiger partial charge is 0.220 e. The summed E-state index contributed by atoms with van der Waals surface area (Å²) in [7, 11) is 3.25. The van der Waals surface area contributed by atoms with Crippen LogP contribution in [0.15, 0.2) is 66.9 Å². The Hall–Kier alpha value is -3.87. The number of aryl methyl sites for hydroxylation is 1. The maximum absolute atomic E-state index is 12.5. The Morgan fingerprint density at radius 3 is 2.62 bits per heavy atom. The molecule has 0 radical (unpaired) electrons. The van der Waals surface area contributed by atoms with Crippen LogP contribution in [0, 0.1) is 0 Å². The quantitative estimate of drug-likeness (QED) is 0.438. The van der Waals surface area contributed by atoms with E-state index < -0.39 is 0 Å². The maximum Gasteiger partial charge on any atom is 0.220 e. The molecule has 0 aliphatic heterocycles. The van der Waals surface area contributed by atoms with Gasteiger partial charge < -0.3 is 14.8 Å². The van der Waals surface area contributed by atoms with Crippen molar-refractivity contribution >= 4 is 17.1 Å². The number of imidazole rings is 1. The molecule has 0 spiro atoms. The van der Waals surface area contributed by atoms with Crippen LogP contribution in [0.4, 0.5) is 0 Å². The van der Waals surface area contributed by atoms with Gasteiger partial charge in [0.1, 0.15) is 22.8 Å². The first-order valence-electron chi connectivity index (χ1n) is 10.5. The van der Waals surface area contributed by atoms with Crippen molar-refractivity contribution in [1.82, 2.24) is 19.9 Å². The van der Waals surface area contributed by atoms with E-state index in [1.54, 1.807) is 20.4 Å². The molecule has 164 valence electrons. The van der Waals surface area contributed by atoms with Crippen LogP contribution in [0.5, 0.6) is 11.5 Å². The Labute approximate surface area is 187 Å². The topological polar surface area (TPSA) is 78.3 Å². The number of hydrogen-bond donors (Lipinski definition) is 1. The maximum atomic E-state index is 12.5. The van der Waals surface area contributed by atoms with Gasteiger partial charge in [-0.15, -0.1) is 0 Å². The number of pyridine rings is 1. The highest BCUT2D eigenvalue weighted by Gasteiger charge is 2.14. The Morgan fingerprint density at radius 2 is 1.84 bits per heavy atom. The van der Waals surface area contributed by atoms with Crippen LogP contribution in [0.25, 0.3) is 16.9 Å². The summed E-state index contributed by atoms with van der Waals surface area (Å²) in [5.41, 5.74) is 3.61. The number of hydrogen-bond acceptors (Lipinski definition) is 5. The lowest BCUT2D eigenvalue weighted by Crippen LogP contribution is -2.26. The van der Waals surface area contributed by atoms with Gasteiger partial charge in [0.25, 0.3) is 0 Å². The zero-order valence-corrected chi connectivity index (χ0v) is 18.2. The molecule has 0 fully saturated rings. The summed E-state index contributed by atoms with van der Waals surface area (Å²) < 4.78 is 12.7. The molecule has 0 unspecified atom stereocenters. The number of carbonyl (C=O) groups is 1. The van der Waals surface area contributed by atoms with E-state index in [0.29, 0.717) is 25.8 Å². The van der Waals surface area contributed by atoms with Crippen molar-refractivity contribution in [2.24, 2.45) is 0 Å². The van der Waals surface area contributed by atoms with Gasteiger partial charge in [-0.3, -0.25) is 9.36 Å². The number of aromatic nitrogens is 3. The molecule has 4 rings (SSSR count). The third-order valence-electron chi connectivity index (χ3n) is 5.29. The minimum absolute atomic E-state index is 0.0166. The van der Waals surface area contributed by atoms with Gasteiger partial charge >= 0.3 is 0 Å². The minimum Gasteiger partial charge on any atom is -0.497 e. The molecule has 0 atom stereocenters. The van der Waals surface area contributed by atoms with Gasteiger partial charge in [-0.1, -0.05) is 24.3 Å². The number of methoxy groups -OCH3 is 2. The fraction of sp³-hybridized carbons (Fsp3) is 0.240. The zero-order chi connectivity index (χ0) is 22.3. The third-order valence-corrected chi connectivity index (χ3v) is 5.29. The normalized spacial score (nSPS) is 10.8. The van der Waals surface area contributed by atoms with E-state index in [-0.39, 0.29) is 5.91 Å². The number of para-hydroxylation sites is 1. The summed E-state index contributed by atoms with van der Waals surface area (Å²) in [6.45, 7) is 0.526. The summed E-state index contributed by atoms with van der Waals surface area (Å²) in [6.07, 6.45) is 3.29. The van der Waals surface area contributed by atoms with E-state index in [1.165, 1.54) is 0 Å². The number of nitrogens with one attached hydrogen (secondary N) is 1. The molecule has 1 N–H and O–H groups in total. The average Bonchev–Trinajstić information content (AvgIpc) is 3.22. The van der Waals surface area contributed by atoms with E-state index >= 15 is 0 Å². The summed E-state index contributed by atoms with van der Waals surface area (Å²) >= 11 is 0. The molecular weight excluding hydrogens is 404 g/mol. The van der Waals surface area contributed by atoms with Crippen LogP contribution in [0.2, 0.25) is 0 Å². The summed E-state index contributed by atoms with van der Waals surface area (Å²) in [5.74, 6) is 2.29. The summed E-state index contributed by atoms with van der Waals surface area (Å²) in [5, 5.41) is 3.00. The van der Waals surface area contributed by atoms with Gasteiger partial charge in [0, 0.05) is 37.3 Å². The third kappa shape index (κ3) is 4.72. The van der Waals surface area contributed by atoms with Crippen molar-refractivity contribution in [3.8, 4) is 17.2 Å². The minimum atomic E-state index is -0.0166. The van der Waals surface area contributed by atoms with Crippen molar-refractivity contribution in [2.45, 2.75) is 19.3 Å². The Morgan fingerprint density at radius 1 is 1.00 bits per heavy atom. The Balaban J connectivity index is 1.40. The zero-order valence-electron chi connectivity index (χ0n) is 18.2.